The lowest BCUT2D eigenvalue weighted by Crippen LogP contribution is -2.46. The fourth-order valence-electron chi connectivity index (χ4n) is 3.87. The van der Waals surface area contributed by atoms with Gasteiger partial charge >= 0.3 is 6.03 Å². The summed E-state index contributed by atoms with van der Waals surface area (Å²) in [7, 11) is 0. The minimum atomic E-state index is -0.928. The minimum absolute atomic E-state index is 0.124. The van der Waals surface area contributed by atoms with Gasteiger partial charge in [0.15, 0.2) is 0 Å². The summed E-state index contributed by atoms with van der Waals surface area (Å²) in [6, 6.07) is 13.5. The first-order valence-electron chi connectivity index (χ1n) is 10.2. The molecule has 0 aromatic heterocycles. The highest BCUT2D eigenvalue weighted by Crippen LogP contribution is 2.42. The highest BCUT2D eigenvalue weighted by Gasteiger charge is 2.56. The molecule has 5 amide bonds. The zero-order valence-electron chi connectivity index (χ0n) is 17.4. The van der Waals surface area contributed by atoms with Gasteiger partial charge in [0.05, 0.1) is 0 Å². The maximum Gasteiger partial charge on any atom is 0.325 e. The first kappa shape index (κ1) is 20.6. The van der Waals surface area contributed by atoms with Crippen LogP contribution in [0.25, 0.3) is 0 Å². The van der Waals surface area contributed by atoms with Gasteiger partial charge < -0.3 is 16.0 Å². The van der Waals surface area contributed by atoms with E-state index in [-0.39, 0.29) is 24.3 Å². The summed E-state index contributed by atoms with van der Waals surface area (Å²) in [5, 5.41) is 8.26. The van der Waals surface area contributed by atoms with E-state index in [0.717, 1.165) is 17.7 Å². The molecule has 1 saturated heterocycles. The molecule has 3 N–H and O–H groups in total. The van der Waals surface area contributed by atoms with Crippen LogP contribution in [0.2, 0.25) is 0 Å². The maximum absolute atomic E-state index is 12.7. The molecule has 2 aromatic rings. The Morgan fingerprint density at radius 1 is 1.06 bits per heavy atom. The van der Waals surface area contributed by atoms with Crippen LogP contribution in [-0.4, -0.2) is 40.7 Å². The van der Waals surface area contributed by atoms with E-state index in [1.165, 1.54) is 0 Å². The van der Waals surface area contributed by atoms with E-state index in [4.69, 9.17) is 0 Å². The third-order valence-corrected chi connectivity index (χ3v) is 5.88. The van der Waals surface area contributed by atoms with Crippen molar-refractivity contribution in [1.29, 1.82) is 0 Å². The van der Waals surface area contributed by atoms with Crippen molar-refractivity contribution >= 4 is 35.1 Å². The number of nitrogens with zero attached hydrogens (tertiary/aromatic N) is 1. The summed E-state index contributed by atoms with van der Waals surface area (Å²) in [4.78, 5) is 51.2. The quantitative estimate of drug-likeness (QED) is 0.625. The van der Waals surface area contributed by atoms with E-state index >= 15 is 0 Å². The van der Waals surface area contributed by atoms with Crippen LogP contribution in [0.1, 0.15) is 35.7 Å². The fraction of sp³-hybridized carbons (Fsp3) is 0.304. The van der Waals surface area contributed by atoms with Crippen LogP contribution in [0, 0.1) is 12.8 Å². The van der Waals surface area contributed by atoms with Crippen LogP contribution in [-0.2, 0) is 9.59 Å². The van der Waals surface area contributed by atoms with Crippen molar-refractivity contribution in [3.05, 3.63) is 59.7 Å². The second-order valence-electron chi connectivity index (χ2n) is 8.14. The van der Waals surface area contributed by atoms with Crippen molar-refractivity contribution in [1.82, 2.24) is 10.2 Å². The SMILES string of the molecule is Cc1c(NC(=O)CN2C(=O)NC(C)(C3CC3)C2=O)cccc1C(=O)Nc1ccccc1. The summed E-state index contributed by atoms with van der Waals surface area (Å²) in [5.74, 6) is -1.05. The van der Waals surface area contributed by atoms with Crippen molar-refractivity contribution in [3.8, 4) is 0 Å². The molecule has 1 unspecified atom stereocenters. The van der Waals surface area contributed by atoms with Gasteiger partial charge in [-0.3, -0.25) is 19.3 Å². The molecule has 0 spiro atoms. The van der Waals surface area contributed by atoms with Gasteiger partial charge in [-0.2, -0.15) is 0 Å². The number of nitrogens with one attached hydrogen (secondary N) is 3. The van der Waals surface area contributed by atoms with Crippen LogP contribution in [0.4, 0.5) is 16.2 Å². The van der Waals surface area contributed by atoms with Gasteiger partial charge in [0.2, 0.25) is 5.91 Å². The number of amides is 5. The molecular weight excluding hydrogens is 396 g/mol. The fourth-order valence-corrected chi connectivity index (χ4v) is 3.87. The zero-order chi connectivity index (χ0) is 22.2. The molecule has 2 fully saturated rings. The number of hydrogen-bond acceptors (Lipinski definition) is 4. The first-order valence-corrected chi connectivity index (χ1v) is 10.2. The second-order valence-corrected chi connectivity index (χ2v) is 8.14. The highest BCUT2D eigenvalue weighted by molar-refractivity contribution is 6.11. The molecule has 1 aliphatic heterocycles. The lowest BCUT2D eigenvalue weighted by molar-refractivity contribution is -0.134. The Bertz CT molecular complexity index is 1060. The lowest BCUT2D eigenvalue weighted by atomic mass is 9.96. The Labute approximate surface area is 180 Å². The standard InChI is InChI=1S/C23H24N4O4/c1-14-17(20(29)24-16-7-4-3-5-8-16)9-6-10-18(14)25-19(28)13-27-21(30)23(2,15-11-12-15)26-22(27)31/h3-10,15H,11-13H2,1-2H3,(H,24,29)(H,25,28)(H,26,31). The van der Waals surface area contributed by atoms with Gasteiger partial charge in [0.25, 0.3) is 11.8 Å². The average molecular weight is 420 g/mol. The number of urea groups is 1. The van der Waals surface area contributed by atoms with E-state index in [1.54, 1.807) is 44.2 Å². The molecule has 1 saturated carbocycles. The summed E-state index contributed by atoms with van der Waals surface area (Å²) in [5.41, 5.74) is 1.19. The van der Waals surface area contributed by atoms with Gasteiger partial charge in [-0.15, -0.1) is 0 Å². The molecule has 31 heavy (non-hydrogen) atoms. The Balaban J connectivity index is 1.44. The van der Waals surface area contributed by atoms with Crippen molar-refractivity contribution in [2.24, 2.45) is 5.92 Å². The van der Waals surface area contributed by atoms with E-state index < -0.39 is 17.5 Å². The van der Waals surface area contributed by atoms with E-state index in [2.05, 4.69) is 16.0 Å². The molecule has 8 nitrogen and oxygen atoms in total. The zero-order valence-corrected chi connectivity index (χ0v) is 17.4. The summed E-state index contributed by atoms with van der Waals surface area (Å²) in [6.07, 6.45) is 1.78. The van der Waals surface area contributed by atoms with E-state index in [9.17, 15) is 19.2 Å². The molecule has 160 valence electrons. The van der Waals surface area contributed by atoms with Crippen LogP contribution >= 0.6 is 0 Å². The highest BCUT2D eigenvalue weighted by atomic mass is 16.2. The molecule has 1 aliphatic carbocycles. The molecule has 1 atom stereocenters. The Hall–Kier alpha value is -3.68. The molecule has 2 aromatic carbocycles. The monoisotopic (exact) mass is 420 g/mol. The van der Waals surface area contributed by atoms with Crippen LogP contribution < -0.4 is 16.0 Å². The predicted molar refractivity (Wildman–Crippen MR) is 116 cm³/mol. The number of imide groups is 1. The average Bonchev–Trinajstić information content (AvgIpc) is 3.56. The molecular formula is C23H24N4O4. The normalized spacial score (nSPS) is 20.4. The van der Waals surface area contributed by atoms with E-state index in [0.29, 0.717) is 22.5 Å². The molecule has 0 bridgehead atoms. The smallest absolute Gasteiger partial charge is 0.324 e. The summed E-state index contributed by atoms with van der Waals surface area (Å²) in [6.45, 7) is 3.06. The van der Waals surface area contributed by atoms with Crippen molar-refractivity contribution < 1.29 is 19.2 Å². The van der Waals surface area contributed by atoms with Gasteiger partial charge in [0, 0.05) is 16.9 Å². The third-order valence-electron chi connectivity index (χ3n) is 5.88. The number of rotatable bonds is 6. The van der Waals surface area contributed by atoms with Gasteiger partial charge in [-0.25, -0.2) is 4.79 Å². The van der Waals surface area contributed by atoms with Crippen LogP contribution in [0.5, 0.6) is 0 Å². The second kappa shape index (κ2) is 7.86. The number of carbonyl (C=O) groups is 4. The number of carbonyl (C=O) groups excluding carboxylic acids is 4. The number of para-hydroxylation sites is 1. The van der Waals surface area contributed by atoms with Crippen LogP contribution in [0.3, 0.4) is 0 Å². The Kier molecular flexibility index (Phi) is 5.22. The third kappa shape index (κ3) is 4.01. The van der Waals surface area contributed by atoms with E-state index in [1.807, 2.05) is 18.2 Å². The number of benzene rings is 2. The lowest BCUT2D eigenvalue weighted by Gasteiger charge is -2.21. The Morgan fingerprint density at radius 2 is 1.77 bits per heavy atom. The van der Waals surface area contributed by atoms with Crippen molar-refractivity contribution in [2.75, 3.05) is 17.2 Å². The largest absolute Gasteiger partial charge is 0.325 e. The Morgan fingerprint density at radius 3 is 2.45 bits per heavy atom. The number of anilines is 2. The molecule has 8 heteroatoms. The van der Waals surface area contributed by atoms with Gasteiger partial charge in [-0.05, 0) is 62.4 Å². The summed E-state index contributed by atoms with van der Waals surface area (Å²) >= 11 is 0. The number of hydrogen-bond donors (Lipinski definition) is 3. The van der Waals surface area contributed by atoms with Crippen LogP contribution in [0.15, 0.2) is 48.5 Å². The molecule has 0 radical (unpaired) electrons. The van der Waals surface area contributed by atoms with Crippen molar-refractivity contribution in [3.63, 3.8) is 0 Å². The first-order chi connectivity index (χ1) is 14.8. The topological polar surface area (TPSA) is 108 Å². The molecule has 2 aliphatic rings. The molecule has 4 rings (SSSR count). The predicted octanol–water partition coefficient (Wildman–Crippen LogP) is 2.91. The maximum atomic E-state index is 12.7. The van der Waals surface area contributed by atoms with Gasteiger partial charge in [0.1, 0.15) is 12.1 Å². The van der Waals surface area contributed by atoms with Gasteiger partial charge in [-0.1, -0.05) is 24.3 Å². The van der Waals surface area contributed by atoms with Crippen molar-refractivity contribution in [2.45, 2.75) is 32.2 Å². The summed E-state index contributed by atoms with van der Waals surface area (Å²) < 4.78 is 0. The molecule has 1 heterocycles. The minimum Gasteiger partial charge on any atom is -0.324 e.